The first-order chi connectivity index (χ1) is 10.9. The summed E-state index contributed by atoms with van der Waals surface area (Å²) >= 11 is 1.36. The highest BCUT2D eigenvalue weighted by atomic mass is 32.2. The molecule has 2 N–H and O–H groups in total. The molecule has 1 aromatic carbocycles. The molecule has 0 aliphatic heterocycles. The zero-order chi connectivity index (χ0) is 17.2. The lowest BCUT2D eigenvalue weighted by atomic mass is 10.3. The fourth-order valence-electron chi connectivity index (χ4n) is 1.45. The van der Waals surface area contributed by atoms with Crippen molar-refractivity contribution in [1.29, 1.82) is 0 Å². The van der Waals surface area contributed by atoms with Crippen LogP contribution in [0, 0.1) is 0 Å². The SMILES string of the molecule is CC(C)NC(=O)NC(=O)[C@@H](C)OC(=O)/C=C/Sc1ccccc1. The van der Waals surface area contributed by atoms with E-state index in [2.05, 4.69) is 10.6 Å². The summed E-state index contributed by atoms with van der Waals surface area (Å²) < 4.78 is 4.92. The van der Waals surface area contributed by atoms with Crippen LogP contribution in [-0.2, 0) is 14.3 Å². The summed E-state index contributed by atoms with van der Waals surface area (Å²) in [5.74, 6) is -1.33. The van der Waals surface area contributed by atoms with Crippen LogP contribution in [-0.4, -0.2) is 30.1 Å². The highest BCUT2D eigenvalue weighted by Gasteiger charge is 2.19. The second kappa shape index (κ2) is 9.68. The first-order valence-corrected chi connectivity index (χ1v) is 7.96. The summed E-state index contributed by atoms with van der Waals surface area (Å²) in [4.78, 5) is 35.7. The van der Waals surface area contributed by atoms with Crippen molar-refractivity contribution >= 4 is 29.7 Å². The number of urea groups is 1. The lowest BCUT2D eigenvalue weighted by Crippen LogP contribution is -2.46. The van der Waals surface area contributed by atoms with Crippen LogP contribution in [0.2, 0.25) is 0 Å². The number of rotatable bonds is 6. The topological polar surface area (TPSA) is 84.5 Å². The minimum absolute atomic E-state index is 0.0985. The van der Waals surface area contributed by atoms with Gasteiger partial charge in [0.1, 0.15) is 0 Å². The fraction of sp³-hybridized carbons (Fsp3) is 0.312. The Labute approximate surface area is 139 Å². The van der Waals surface area contributed by atoms with Crippen LogP contribution < -0.4 is 10.6 Å². The van der Waals surface area contributed by atoms with Crippen LogP contribution in [0.3, 0.4) is 0 Å². The Morgan fingerprint density at radius 2 is 1.78 bits per heavy atom. The van der Waals surface area contributed by atoms with Gasteiger partial charge >= 0.3 is 12.0 Å². The van der Waals surface area contributed by atoms with Gasteiger partial charge in [0.25, 0.3) is 5.91 Å². The Balaban J connectivity index is 2.37. The smallest absolute Gasteiger partial charge is 0.332 e. The quantitative estimate of drug-likeness (QED) is 0.473. The molecule has 0 heterocycles. The molecule has 1 rings (SSSR count). The van der Waals surface area contributed by atoms with Crippen LogP contribution >= 0.6 is 11.8 Å². The third-order valence-corrected chi connectivity index (χ3v) is 3.29. The number of carbonyl (C=O) groups is 3. The Hall–Kier alpha value is -2.28. The molecule has 23 heavy (non-hydrogen) atoms. The average molecular weight is 336 g/mol. The van der Waals surface area contributed by atoms with Gasteiger partial charge in [0.15, 0.2) is 6.10 Å². The molecule has 0 aliphatic carbocycles. The summed E-state index contributed by atoms with van der Waals surface area (Å²) in [6.45, 7) is 4.93. The van der Waals surface area contributed by atoms with E-state index in [1.165, 1.54) is 24.8 Å². The molecule has 0 aromatic heterocycles. The van der Waals surface area contributed by atoms with Crippen LogP contribution in [0.5, 0.6) is 0 Å². The van der Waals surface area contributed by atoms with Gasteiger partial charge < -0.3 is 10.1 Å². The molecule has 1 atom stereocenters. The van der Waals surface area contributed by atoms with Crippen molar-refractivity contribution in [3.63, 3.8) is 0 Å². The third-order valence-electron chi connectivity index (χ3n) is 2.47. The number of hydrogen-bond donors (Lipinski definition) is 2. The molecule has 0 unspecified atom stereocenters. The highest BCUT2D eigenvalue weighted by molar-refractivity contribution is 8.02. The molecule has 6 nitrogen and oxygen atoms in total. The van der Waals surface area contributed by atoms with Gasteiger partial charge in [-0.25, -0.2) is 9.59 Å². The molecule has 1 aromatic rings. The first-order valence-electron chi connectivity index (χ1n) is 7.08. The van der Waals surface area contributed by atoms with Crippen molar-refractivity contribution in [3.8, 4) is 0 Å². The van der Waals surface area contributed by atoms with E-state index in [-0.39, 0.29) is 6.04 Å². The van der Waals surface area contributed by atoms with Crippen LogP contribution in [0.15, 0.2) is 46.7 Å². The molecule has 124 valence electrons. The number of ether oxygens (including phenoxy) is 1. The number of nitrogens with one attached hydrogen (secondary N) is 2. The summed E-state index contributed by atoms with van der Waals surface area (Å²) in [6, 6.07) is 8.78. The molecular weight excluding hydrogens is 316 g/mol. The molecule has 7 heteroatoms. The van der Waals surface area contributed by atoms with Gasteiger partial charge in [-0.3, -0.25) is 10.1 Å². The van der Waals surface area contributed by atoms with E-state index in [0.29, 0.717) is 0 Å². The maximum atomic E-state index is 11.7. The number of benzene rings is 1. The lowest BCUT2D eigenvalue weighted by Gasteiger charge is -2.13. The number of amides is 3. The van der Waals surface area contributed by atoms with Gasteiger partial charge in [0.05, 0.1) is 0 Å². The zero-order valence-electron chi connectivity index (χ0n) is 13.2. The van der Waals surface area contributed by atoms with Gasteiger partial charge in [-0.15, -0.1) is 0 Å². The maximum Gasteiger partial charge on any atom is 0.332 e. The van der Waals surface area contributed by atoms with E-state index < -0.39 is 24.0 Å². The van der Waals surface area contributed by atoms with Crippen molar-refractivity contribution in [2.24, 2.45) is 0 Å². The Kier molecular flexibility index (Phi) is 7.90. The molecule has 0 saturated carbocycles. The van der Waals surface area contributed by atoms with Crippen molar-refractivity contribution < 1.29 is 19.1 Å². The van der Waals surface area contributed by atoms with E-state index in [1.807, 2.05) is 30.3 Å². The molecule has 0 radical (unpaired) electrons. The fourth-order valence-corrected chi connectivity index (χ4v) is 2.10. The van der Waals surface area contributed by atoms with E-state index in [0.717, 1.165) is 4.90 Å². The Morgan fingerprint density at radius 1 is 1.13 bits per heavy atom. The highest BCUT2D eigenvalue weighted by Crippen LogP contribution is 2.17. The van der Waals surface area contributed by atoms with E-state index in [4.69, 9.17) is 4.74 Å². The van der Waals surface area contributed by atoms with Crippen LogP contribution in [0.4, 0.5) is 4.79 Å². The average Bonchev–Trinajstić information content (AvgIpc) is 2.47. The maximum absolute atomic E-state index is 11.7. The minimum atomic E-state index is -1.06. The van der Waals surface area contributed by atoms with Crippen LogP contribution in [0.25, 0.3) is 0 Å². The molecule has 0 spiro atoms. The Bertz CT molecular complexity index is 573. The van der Waals surface area contributed by atoms with Crippen molar-refractivity contribution in [2.45, 2.75) is 37.8 Å². The van der Waals surface area contributed by atoms with Gasteiger partial charge in [-0.1, -0.05) is 30.0 Å². The lowest BCUT2D eigenvalue weighted by molar-refractivity contribution is -0.149. The summed E-state index contributed by atoms with van der Waals surface area (Å²) in [6.07, 6.45) is 0.169. The summed E-state index contributed by atoms with van der Waals surface area (Å²) in [5, 5.41) is 6.19. The molecule has 0 aliphatic rings. The summed E-state index contributed by atoms with van der Waals surface area (Å²) in [7, 11) is 0. The van der Waals surface area contributed by atoms with Gasteiger partial charge in [0, 0.05) is 17.0 Å². The largest absolute Gasteiger partial charge is 0.449 e. The summed E-state index contributed by atoms with van der Waals surface area (Å²) in [5.41, 5.74) is 0. The van der Waals surface area contributed by atoms with Gasteiger partial charge in [-0.2, -0.15) is 0 Å². The van der Waals surface area contributed by atoms with Crippen LogP contribution in [0.1, 0.15) is 20.8 Å². The van der Waals surface area contributed by atoms with Crippen molar-refractivity contribution in [1.82, 2.24) is 10.6 Å². The first kappa shape index (κ1) is 18.8. The molecule has 3 amide bonds. The number of carbonyl (C=O) groups excluding carboxylic acids is 3. The van der Waals surface area contributed by atoms with E-state index in [1.54, 1.807) is 19.3 Å². The predicted molar refractivity (Wildman–Crippen MR) is 88.8 cm³/mol. The minimum Gasteiger partial charge on any atom is -0.449 e. The second-order valence-corrected chi connectivity index (χ2v) is 5.91. The standard InChI is InChI=1S/C16H20N2O4S/c1-11(2)17-16(21)18-15(20)12(3)22-14(19)9-10-23-13-7-5-4-6-8-13/h4-12H,1-3H3,(H2,17,18,20,21)/b10-9+/t12-/m1/s1. The normalized spacial score (nSPS) is 12.0. The second-order valence-electron chi connectivity index (χ2n) is 4.93. The van der Waals surface area contributed by atoms with Crippen molar-refractivity contribution in [3.05, 3.63) is 41.8 Å². The third kappa shape index (κ3) is 8.06. The number of hydrogen-bond acceptors (Lipinski definition) is 5. The van der Waals surface area contributed by atoms with Crippen molar-refractivity contribution in [2.75, 3.05) is 0 Å². The Morgan fingerprint density at radius 3 is 2.39 bits per heavy atom. The zero-order valence-corrected chi connectivity index (χ0v) is 14.1. The molecule has 0 saturated heterocycles. The monoisotopic (exact) mass is 336 g/mol. The van der Waals surface area contributed by atoms with Gasteiger partial charge in [0.2, 0.25) is 0 Å². The number of imide groups is 1. The molecule has 0 fully saturated rings. The molecule has 0 bridgehead atoms. The number of thioether (sulfide) groups is 1. The van der Waals surface area contributed by atoms with Gasteiger partial charge in [-0.05, 0) is 38.3 Å². The predicted octanol–water partition coefficient (Wildman–Crippen LogP) is 2.46. The van der Waals surface area contributed by atoms with E-state index in [9.17, 15) is 14.4 Å². The van der Waals surface area contributed by atoms with E-state index >= 15 is 0 Å². The molecular formula is C16H20N2O4S. The number of esters is 1.